The molecule has 11 nitrogen and oxygen atoms in total. The van der Waals surface area contributed by atoms with Crippen LogP contribution in [0.15, 0.2) is 30.3 Å². The Morgan fingerprint density at radius 1 is 1.06 bits per heavy atom. The van der Waals surface area contributed by atoms with Gasteiger partial charge < -0.3 is 31.5 Å². The van der Waals surface area contributed by atoms with Crippen LogP contribution < -0.4 is 21.3 Å². The molecule has 0 spiro atoms. The molecule has 180 valence electrons. The molecule has 1 aliphatic rings. The average molecular weight is 463 g/mol. The highest BCUT2D eigenvalue weighted by Gasteiger charge is 2.36. The molecule has 1 aromatic carbocycles. The summed E-state index contributed by atoms with van der Waals surface area (Å²) in [5.74, 6) is -4.76. The highest BCUT2D eigenvalue weighted by Crippen LogP contribution is 2.10. The van der Waals surface area contributed by atoms with Gasteiger partial charge in [0.15, 0.2) is 0 Å². The Bertz CT molecular complexity index is 882. The summed E-state index contributed by atoms with van der Waals surface area (Å²) in [7, 11) is 0. The van der Waals surface area contributed by atoms with Crippen molar-refractivity contribution < 1.29 is 34.2 Å². The minimum Gasteiger partial charge on any atom is -0.481 e. The van der Waals surface area contributed by atoms with Gasteiger partial charge in [-0.15, -0.1) is 0 Å². The fourth-order valence-electron chi connectivity index (χ4n) is 3.40. The number of benzene rings is 1. The van der Waals surface area contributed by atoms with E-state index in [1.807, 2.05) is 0 Å². The van der Waals surface area contributed by atoms with E-state index in [1.54, 1.807) is 30.3 Å². The van der Waals surface area contributed by atoms with Gasteiger partial charge in [0.25, 0.3) is 0 Å². The number of nitrogens with one attached hydrogen (secondary N) is 4. The van der Waals surface area contributed by atoms with E-state index in [0.29, 0.717) is 18.5 Å². The van der Waals surface area contributed by atoms with Crippen molar-refractivity contribution in [2.24, 2.45) is 0 Å². The molecule has 0 unspecified atom stereocenters. The Morgan fingerprint density at radius 3 is 2.27 bits per heavy atom. The molecule has 0 aliphatic carbocycles. The second-order valence-corrected chi connectivity index (χ2v) is 8.48. The first kappa shape index (κ1) is 25.8. The summed E-state index contributed by atoms with van der Waals surface area (Å²) in [4.78, 5) is 60.8. The third kappa shape index (κ3) is 7.86. The van der Waals surface area contributed by atoms with Crippen LogP contribution in [0.5, 0.6) is 0 Å². The molecular weight excluding hydrogens is 432 g/mol. The van der Waals surface area contributed by atoms with Crippen LogP contribution in [0, 0.1) is 0 Å². The molecule has 1 saturated heterocycles. The van der Waals surface area contributed by atoms with Gasteiger partial charge in [-0.05, 0) is 38.8 Å². The van der Waals surface area contributed by atoms with E-state index < -0.39 is 53.8 Å². The summed E-state index contributed by atoms with van der Waals surface area (Å²) in [5, 5.41) is 28.9. The molecule has 1 aromatic rings. The van der Waals surface area contributed by atoms with Gasteiger partial charge in [0.1, 0.15) is 17.6 Å². The molecule has 33 heavy (non-hydrogen) atoms. The summed E-state index contributed by atoms with van der Waals surface area (Å²) < 4.78 is 0. The maximum atomic E-state index is 12.8. The van der Waals surface area contributed by atoms with Crippen molar-refractivity contribution in [3.05, 3.63) is 35.9 Å². The highest BCUT2D eigenvalue weighted by molar-refractivity contribution is 5.97. The van der Waals surface area contributed by atoms with Crippen LogP contribution >= 0.6 is 0 Å². The van der Waals surface area contributed by atoms with Crippen molar-refractivity contribution in [3.8, 4) is 0 Å². The van der Waals surface area contributed by atoms with Crippen molar-refractivity contribution >= 4 is 29.7 Å². The van der Waals surface area contributed by atoms with Gasteiger partial charge in [0, 0.05) is 6.42 Å². The molecule has 2 rings (SSSR count). The Balaban J connectivity index is 2.07. The Kier molecular flexibility index (Phi) is 8.92. The lowest BCUT2D eigenvalue weighted by molar-refractivity contribution is -0.144. The quantitative estimate of drug-likeness (QED) is 0.253. The second kappa shape index (κ2) is 11.4. The van der Waals surface area contributed by atoms with Crippen LogP contribution in [0.1, 0.15) is 38.7 Å². The number of carboxylic acids is 2. The summed E-state index contributed by atoms with van der Waals surface area (Å²) in [6, 6.07) is 5.32. The van der Waals surface area contributed by atoms with Crippen molar-refractivity contribution in [2.75, 3.05) is 6.54 Å². The molecule has 0 radical (unpaired) electrons. The molecule has 1 fully saturated rings. The molecule has 3 atom stereocenters. The van der Waals surface area contributed by atoms with Crippen molar-refractivity contribution in [1.82, 2.24) is 21.3 Å². The zero-order chi connectivity index (χ0) is 24.6. The Morgan fingerprint density at radius 2 is 1.73 bits per heavy atom. The molecule has 1 aliphatic heterocycles. The van der Waals surface area contributed by atoms with Crippen LogP contribution in [-0.4, -0.2) is 70.1 Å². The Labute approximate surface area is 191 Å². The second-order valence-electron chi connectivity index (χ2n) is 8.48. The fourth-order valence-corrected chi connectivity index (χ4v) is 3.40. The standard InChI is InChI=1S/C22H30N4O7/c1-22(2,26-19(30)14-9-6-10-23-14)21(33)25-15(12-17(27)28)18(29)24-16(20(31)32)11-13-7-4-3-5-8-13/h3-5,7-8,14-16,23H,6,9-12H2,1-2H3,(H,24,29)(H,25,33)(H,26,30)(H,27,28)(H,31,32)/t14-,15-,16-/m0/s1. The van der Waals surface area contributed by atoms with Crippen molar-refractivity contribution in [3.63, 3.8) is 0 Å². The van der Waals surface area contributed by atoms with Crippen molar-refractivity contribution in [2.45, 2.75) is 63.2 Å². The van der Waals surface area contributed by atoms with Gasteiger partial charge in [0.2, 0.25) is 17.7 Å². The SMILES string of the molecule is CC(C)(NC(=O)[C@@H]1CCCN1)C(=O)N[C@@H](CC(=O)O)C(=O)N[C@@H](Cc1ccccc1)C(=O)O. The molecule has 6 N–H and O–H groups in total. The van der Waals surface area contributed by atoms with Crippen molar-refractivity contribution in [1.29, 1.82) is 0 Å². The van der Waals surface area contributed by atoms with Gasteiger partial charge in [-0.1, -0.05) is 30.3 Å². The predicted octanol–water partition coefficient (Wildman–Crippen LogP) is -0.595. The molecular formula is C22H30N4O7. The normalized spacial score (nSPS) is 17.5. The molecule has 0 aromatic heterocycles. The van der Waals surface area contributed by atoms with E-state index in [0.717, 1.165) is 6.42 Å². The van der Waals surface area contributed by atoms with E-state index in [9.17, 15) is 34.2 Å². The topological polar surface area (TPSA) is 174 Å². The molecule has 0 bridgehead atoms. The zero-order valence-corrected chi connectivity index (χ0v) is 18.6. The van der Waals surface area contributed by atoms with Gasteiger partial charge in [-0.3, -0.25) is 19.2 Å². The van der Waals surface area contributed by atoms with Gasteiger partial charge >= 0.3 is 11.9 Å². The van der Waals surface area contributed by atoms with Gasteiger partial charge in [-0.2, -0.15) is 0 Å². The number of carbonyl (C=O) groups is 5. The number of aliphatic carboxylic acids is 2. The number of amides is 3. The van der Waals surface area contributed by atoms with Crippen LogP contribution in [0.3, 0.4) is 0 Å². The lowest BCUT2D eigenvalue weighted by Gasteiger charge is -2.29. The maximum absolute atomic E-state index is 12.8. The minimum absolute atomic E-state index is 0.0222. The smallest absolute Gasteiger partial charge is 0.326 e. The minimum atomic E-state index is -1.53. The molecule has 0 saturated carbocycles. The third-order valence-electron chi connectivity index (χ3n) is 5.28. The zero-order valence-electron chi connectivity index (χ0n) is 18.6. The van der Waals surface area contributed by atoms with Crippen LogP contribution in [0.25, 0.3) is 0 Å². The summed E-state index contributed by atoms with van der Waals surface area (Å²) in [6.45, 7) is 3.56. The highest BCUT2D eigenvalue weighted by atomic mass is 16.4. The van der Waals surface area contributed by atoms with Crippen LogP contribution in [0.2, 0.25) is 0 Å². The van der Waals surface area contributed by atoms with E-state index >= 15 is 0 Å². The predicted molar refractivity (Wildman–Crippen MR) is 117 cm³/mol. The van der Waals surface area contributed by atoms with E-state index in [-0.39, 0.29) is 12.3 Å². The molecule has 11 heteroatoms. The average Bonchev–Trinajstić information content (AvgIpc) is 3.28. The van der Waals surface area contributed by atoms with E-state index in [1.165, 1.54) is 13.8 Å². The summed E-state index contributed by atoms with van der Waals surface area (Å²) in [5.41, 5.74) is -0.775. The fraction of sp³-hybridized carbons (Fsp3) is 0.500. The largest absolute Gasteiger partial charge is 0.481 e. The maximum Gasteiger partial charge on any atom is 0.326 e. The first-order chi connectivity index (χ1) is 15.5. The third-order valence-corrected chi connectivity index (χ3v) is 5.28. The first-order valence-corrected chi connectivity index (χ1v) is 10.6. The Hall–Kier alpha value is -3.47. The summed E-state index contributed by atoms with van der Waals surface area (Å²) >= 11 is 0. The van der Waals surface area contributed by atoms with Gasteiger partial charge in [-0.25, -0.2) is 4.79 Å². The molecule has 3 amide bonds. The van der Waals surface area contributed by atoms with Gasteiger partial charge in [0.05, 0.1) is 12.5 Å². The molecule has 1 heterocycles. The number of carbonyl (C=O) groups excluding carboxylic acids is 3. The first-order valence-electron chi connectivity index (χ1n) is 10.6. The summed E-state index contributed by atoms with van der Waals surface area (Å²) in [6.07, 6.45) is 0.680. The van der Waals surface area contributed by atoms with E-state index in [2.05, 4.69) is 21.3 Å². The number of hydrogen-bond donors (Lipinski definition) is 6. The van der Waals surface area contributed by atoms with Crippen LogP contribution in [-0.2, 0) is 30.4 Å². The lowest BCUT2D eigenvalue weighted by atomic mass is 10.0. The monoisotopic (exact) mass is 462 g/mol. The number of carboxylic acid groups (broad SMARTS) is 2. The lowest BCUT2D eigenvalue weighted by Crippen LogP contribution is -2.61. The number of rotatable bonds is 11. The van der Waals surface area contributed by atoms with E-state index in [4.69, 9.17) is 0 Å². The number of hydrogen-bond acceptors (Lipinski definition) is 6. The van der Waals surface area contributed by atoms with Crippen LogP contribution in [0.4, 0.5) is 0 Å².